The van der Waals surface area contributed by atoms with Crippen molar-refractivity contribution in [2.24, 2.45) is 11.7 Å². The quantitative estimate of drug-likeness (QED) is 0.900. The third kappa shape index (κ3) is 4.21. The molecule has 2 aliphatic rings. The number of halogens is 1. The van der Waals surface area contributed by atoms with Gasteiger partial charge in [0.05, 0.1) is 0 Å². The van der Waals surface area contributed by atoms with E-state index in [1.54, 1.807) is 5.56 Å². The van der Waals surface area contributed by atoms with Crippen LogP contribution in [0.5, 0.6) is 0 Å². The zero-order valence-electron chi connectivity index (χ0n) is 12.3. The summed E-state index contributed by atoms with van der Waals surface area (Å²) in [6.45, 7) is 4.47. The molecule has 1 saturated carbocycles. The monoisotopic (exact) mass is 294 g/mol. The number of benzene rings is 1. The highest BCUT2D eigenvalue weighted by Gasteiger charge is 2.24. The highest BCUT2D eigenvalue weighted by atomic mass is 35.5. The molecule has 1 aromatic rings. The van der Waals surface area contributed by atoms with Crippen LogP contribution < -0.4 is 5.73 Å². The predicted octanol–water partition coefficient (Wildman–Crippen LogP) is 3.55. The molecule has 1 aliphatic carbocycles. The molecule has 1 heterocycles. The smallest absolute Gasteiger partial charge is 0.0233 e. The van der Waals surface area contributed by atoms with Crippen LogP contribution in [-0.2, 0) is 6.54 Å². The minimum Gasteiger partial charge on any atom is -0.330 e. The SMILES string of the molecule is Cl.NCCC1CCCN(Cc2cccc(C3CC3)c2)C1. The van der Waals surface area contributed by atoms with Gasteiger partial charge < -0.3 is 5.73 Å². The Morgan fingerprint density at radius 3 is 2.80 bits per heavy atom. The number of hydrogen-bond donors (Lipinski definition) is 1. The average molecular weight is 295 g/mol. The summed E-state index contributed by atoms with van der Waals surface area (Å²) < 4.78 is 0. The van der Waals surface area contributed by atoms with E-state index in [-0.39, 0.29) is 12.4 Å². The van der Waals surface area contributed by atoms with Crippen LogP contribution in [0, 0.1) is 5.92 Å². The van der Waals surface area contributed by atoms with E-state index in [9.17, 15) is 0 Å². The number of hydrogen-bond acceptors (Lipinski definition) is 2. The molecule has 3 rings (SSSR count). The van der Waals surface area contributed by atoms with E-state index < -0.39 is 0 Å². The highest BCUT2D eigenvalue weighted by Crippen LogP contribution is 2.40. The predicted molar refractivity (Wildman–Crippen MR) is 87.3 cm³/mol. The van der Waals surface area contributed by atoms with Crippen molar-refractivity contribution in [1.82, 2.24) is 4.90 Å². The molecule has 1 unspecified atom stereocenters. The minimum atomic E-state index is 0. The van der Waals surface area contributed by atoms with Crippen LogP contribution in [0.1, 0.15) is 49.1 Å². The van der Waals surface area contributed by atoms with Crippen molar-refractivity contribution >= 4 is 12.4 Å². The molecule has 0 aromatic heterocycles. The molecular formula is C17H27ClN2. The minimum absolute atomic E-state index is 0. The first-order valence-corrected chi connectivity index (χ1v) is 7.86. The number of nitrogens with zero attached hydrogens (tertiary/aromatic N) is 1. The molecule has 2 nitrogen and oxygen atoms in total. The third-order valence-electron chi connectivity index (χ3n) is 4.58. The molecule has 1 saturated heterocycles. The number of nitrogens with two attached hydrogens (primary N) is 1. The van der Waals surface area contributed by atoms with Gasteiger partial charge >= 0.3 is 0 Å². The van der Waals surface area contributed by atoms with Gasteiger partial charge in [-0.2, -0.15) is 0 Å². The summed E-state index contributed by atoms with van der Waals surface area (Å²) in [4.78, 5) is 2.62. The first-order chi connectivity index (χ1) is 9.35. The first-order valence-electron chi connectivity index (χ1n) is 7.86. The summed E-state index contributed by atoms with van der Waals surface area (Å²) in [5.74, 6) is 1.69. The Hall–Kier alpha value is -0.570. The van der Waals surface area contributed by atoms with E-state index in [1.807, 2.05) is 0 Å². The maximum Gasteiger partial charge on any atom is 0.0233 e. The fourth-order valence-corrected chi connectivity index (χ4v) is 3.39. The topological polar surface area (TPSA) is 29.3 Å². The third-order valence-corrected chi connectivity index (χ3v) is 4.58. The highest BCUT2D eigenvalue weighted by molar-refractivity contribution is 5.85. The zero-order chi connectivity index (χ0) is 13.1. The molecule has 1 aromatic carbocycles. The molecule has 2 N–H and O–H groups in total. The lowest BCUT2D eigenvalue weighted by Gasteiger charge is -2.32. The van der Waals surface area contributed by atoms with E-state index in [0.717, 1.165) is 24.9 Å². The molecule has 3 heteroatoms. The van der Waals surface area contributed by atoms with Crippen molar-refractivity contribution in [1.29, 1.82) is 0 Å². The second kappa shape index (κ2) is 7.44. The van der Waals surface area contributed by atoms with Gasteiger partial charge in [-0.15, -0.1) is 12.4 Å². The second-order valence-corrected chi connectivity index (χ2v) is 6.34. The van der Waals surface area contributed by atoms with Gasteiger partial charge in [-0.25, -0.2) is 0 Å². The van der Waals surface area contributed by atoms with Gasteiger partial charge in [0.1, 0.15) is 0 Å². The lowest BCUT2D eigenvalue weighted by Crippen LogP contribution is -2.35. The summed E-state index contributed by atoms with van der Waals surface area (Å²) in [5.41, 5.74) is 8.76. The van der Waals surface area contributed by atoms with Crippen molar-refractivity contribution in [3.63, 3.8) is 0 Å². The summed E-state index contributed by atoms with van der Waals surface area (Å²) in [6, 6.07) is 9.27. The van der Waals surface area contributed by atoms with Crippen molar-refractivity contribution in [2.75, 3.05) is 19.6 Å². The van der Waals surface area contributed by atoms with Crippen LogP contribution in [0.2, 0.25) is 0 Å². The number of piperidine rings is 1. The molecule has 112 valence electrons. The summed E-state index contributed by atoms with van der Waals surface area (Å²) in [6.07, 6.45) is 6.69. The van der Waals surface area contributed by atoms with Crippen molar-refractivity contribution in [2.45, 2.75) is 44.6 Å². The molecule has 1 aliphatic heterocycles. The Labute approximate surface area is 129 Å². The van der Waals surface area contributed by atoms with Crippen molar-refractivity contribution < 1.29 is 0 Å². The Bertz CT molecular complexity index is 415. The summed E-state index contributed by atoms with van der Waals surface area (Å²) >= 11 is 0. The first kappa shape index (κ1) is 15.8. The van der Waals surface area contributed by atoms with E-state index in [2.05, 4.69) is 29.2 Å². The Morgan fingerprint density at radius 1 is 1.20 bits per heavy atom. The molecule has 0 radical (unpaired) electrons. The van der Waals surface area contributed by atoms with Crippen LogP contribution in [0.3, 0.4) is 0 Å². The van der Waals surface area contributed by atoms with Gasteiger partial charge in [0, 0.05) is 13.1 Å². The molecule has 20 heavy (non-hydrogen) atoms. The van der Waals surface area contributed by atoms with E-state index in [0.29, 0.717) is 0 Å². The molecule has 2 fully saturated rings. The number of rotatable bonds is 5. The van der Waals surface area contributed by atoms with Crippen molar-refractivity contribution in [3.8, 4) is 0 Å². The van der Waals surface area contributed by atoms with Crippen LogP contribution >= 0.6 is 12.4 Å². The largest absolute Gasteiger partial charge is 0.330 e. The van der Waals surface area contributed by atoms with Crippen LogP contribution in [0.15, 0.2) is 24.3 Å². The fourth-order valence-electron chi connectivity index (χ4n) is 3.39. The van der Waals surface area contributed by atoms with Crippen LogP contribution in [0.4, 0.5) is 0 Å². The average Bonchev–Trinajstić information content (AvgIpc) is 3.24. The van der Waals surface area contributed by atoms with Crippen LogP contribution in [0.25, 0.3) is 0 Å². The molecular weight excluding hydrogens is 268 g/mol. The number of likely N-dealkylation sites (tertiary alicyclic amines) is 1. The summed E-state index contributed by atoms with van der Waals surface area (Å²) in [7, 11) is 0. The van der Waals surface area contributed by atoms with Gasteiger partial charge in [-0.1, -0.05) is 24.3 Å². The van der Waals surface area contributed by atoms with Crippen LogP contribution in [-0.4, -0.2) is 24.5 Å². The Balaban J connectivity index is 0.00000147. The van der Waals surface area contributed by atoms with Gasteiger partial charge in [0.2, 0.25) is 0 Å². The lowest BCUT2D eigenvalue weighted by atomic mass is 9.94. The molecule has 0 bridgehead atoms. The molecule has 1 atom stereocenters. The van der Waals surface area contributed by atoms with Crippen molar-refractivity contribution in [3.05, 3.63) is 35.4 Å². The van der Waals surface area contributed by atoms with Gasteiger partial charge in [0.25, 0.3) is 0 Å². The van der Waals surface area contributed by atoms with E-state index in [1.165, 1.54) is 50.8 Å². The van der Waals surface area contributed by atoms with Gasteiger partial charge in [0.15, 0.2) is 0 Å². The standard InChI is InChI=1S/C17H26N2.ClH/c18-9-8-14-4-2-10-19(12-14)13-15-3-1-5-17(11-15)16-6-7-16;/h1,3,5,11,14,16H,2,4,6-10,12-13,18H2;1H. The molecule has 0 amide bonds. The fraction of sp³-hybridized carbons (Fsp3) is 0.647. The molecule has 0 spiro atoms. The van der Waals surface area contributed by atoms with Gasteiger partial charge in [-0.3, -0.25) is 4.90 Å². The maximum absolute atomic E-state index is 5.70. The van der Waals surface area contributed by atoms with Gasteiger partial charge in [-0.05, 0) is 68.2 Å². The van der Waals surface area contributed by atoms with E-state index in [4.69, 9.17) is 5.73 Å². The summed E-state index contributed by atoms with van der Waals surface area (Å²) in [5, 5.41) is 0. The van der Waals surface area contributed by atoms with E-state index >= 15 is 0 Å². The Kier molecular flexibility index (Phi) is 5.88. The maximum atomic E-state index is 5.70. The lowest BCUT2D eigenvalue weighted by molar-refractivity contribution is 0.163. The second-order valence-electron chi connectivity index (χ2n) is 6.34. The normalized spacial score (nSPS) is 23.4. The zero-order valence-corrected chi connectivity index (χ0v) is 13.1. The Morgan fingerprint density at radius 2 is 2.05 bits per heavy atom.